The van der Waals surface area contributed by atoms with Crippen LogP contribution < -0.4 is 16.0 Å². The zero-order valence-corrected chi connectivity index (χ0v) is 24.6. The number of nitrogens with one attached hydrogen (secondary N) is 3. The summed E-state index contributed by atoms with van der Waals surface area (Å²) in [5.74, 6) is -8.87. The number of rotatable bonds is 6. The second-order valence-electron chi connectivity index (χ2n) is 8.83. The van der Waals surface area contributed by atoms with Crippen molar-refractivity contribution >= 4 is 104 Å². The smallest absolute Gasteiger partial charge is 0.326 e. The van der Waals surface area contributed by atoms with Gasteiger partial charge in [0.25, 0.3) is 5.91 Å². The maximum absolute atomic E-state index is 14.3. The fraction of sp³-hybridized carbons (Fsp3) is 0.160. The van der Waals surface area contributed by atoms with Crippen molar-refractivity contribution in [2.24, 2.45) is 5.92 Å². The van der Waals surface area contributed by atoms with Crippen LogP contribution in [0.15, 0.2) is 42.5 Å². The molecule has 3 aromatic rings. The highest BCUT2D eigenvalue weighted by Crippen LogP contribution is 2.65. The number of alkyl halides is 5. The fourth-order valence-electron chi connectivity index (χ4n) is 3.94. The molecule has 6 nitrogen and oxygen atoms in total. The van der Waals surface area contributed by atoms with Crippen molar-refractivity contribution in [3.05, 3.63) is 85.3 Å². The van der Waals surface area contributed by atoms with Gasteiger partial charge in [-0.05, 0) is 42.0 Å². The molecule has 0 spiro atoms. The summed E-state index contributed by atoms with van der Waals surface area (Å²) < 4.78 is 64.4. The van der Waals surface area contributed by atoms with Gasteiger partial charge in [0.1, 0.15) is 16.0 Å². The molecule has 0 heterocycles. The van der Waals surface area contributed by atoms with Crippen LogP contribution in [0.5, 0.6) is 0 Å². The molecule has 0 bridgehead atoms. The minimum Gasteiger partial charge on any atom is -0.326 e. The Morgan fingerprint density at radius 3 is 1.93 bits per heavy atom. The molecule has 0 unspecified atom stereocenters. The minimum atomic E-state index is -5.36. The lowest BCUT2D eigenvalue weighted by Gasteiger charge is -2.13. The quantitative estimate of drug-likeness (QED) is 0.135. The maximum Gasteiger partial charge on any atom is 0.471 e. The molecular weight excluding hydrogens is 698 g/mol. The summed E-state index contributed by atoms with van der Waals surface area (Å²) in [6.07, 6.45) is -5.36. The molecule has 3 aromatic carbocycles. The molecule has 1 fully saturated rings. The van der Waals surface area contributed by atoms with Crippen molar-refractivity contribution in [3.63, 3.8) is 0 Å². The van der Waals surface area contributed by atoms with Crippen LogP contribution in [0.2, 0.25) is 20.1 Å². The number of carbonyl (C=O) groups excluding carboxylic acids is 3. The Labute approximate surface area is 267 Å². The number of anilines is 3. The predicted octanol–water partition coefficient (Wildman–Crippen LogP) is 9.60. The molecule has 0 aliphatic heterocycles. The van der Waals surface area contributed by atoms with Crippen LogP contribution >= 0.6 is 69.6 Å². The summed E-state index contributed by atoms with van der Waals surface area (Å²) in [6.45, 7) is 0. The van der Waals surface area contributed by atoms with E-state index in [1.54, 1.807) is 0 Å². The summed E-state index contributed by atoms with van der Waals surface area (Å²) in [7, 11) is 0. The summed E-state index contributed by atoms with van der Waals surface area (Å²) in [4.78, 5) is 37.1. The summed E-state index contributed by atoms with van der Waals surface area (Å²) in [6, 6.07) is 7.21. The SMILES string of the molecule is O=C(Nc1cc(NC(=O)C(F)(F)F)c(F)cc1F)c1cc(NC(=O)[C@H]2[C@H](c3cc(Cl)c(Cl)c(Cl)c3)C2(Cl)Cl)ccc1Cl.[HH].[HH].[HH]. The Bertz CT molecular complexity index is 1630. The molecule has 17 heteroatoms. The van der Waals surface area contributed by atoms with E-state index in [1.807, 2.05) is 5.32 Å². The Morgan fingerprint density at radius 1 is 0.786 bits per heavy atom. The minimum absolute atomic E-state index is 0. The molecule has 1 saturated carbocycles. The third kappa shape index (κ3) is 6.66. The molecule has 42 heavy (non-hydrogen) atoms. The van der Waals surface area contributed by atoms with Crippen LogP contribution in [0.25, 0.3) is 0 Å². The molecule has 1 aliphatic rings. The van der Waals surface area contributed by atoms with Crippen molar-refractivity contribution in [2.45, 2.75) is 16.4 Å². The molecule has 2 atom stereocenters. The molecule has 0 radical (unpaired) electrons. The highest BCUT2D eigenvalue weighted by molar-refractivity contribution is 6.54. The van der Waals surface area contributed by atoms with Gasteiger partial charge in [0.15, 0.2) is 0 Å². The lowest BCUT2D eigenvalue weighted by molar-refractivity contribution is -0.167. The first kappa shape index (κ1) is 32.4. The Kier molecular flexibility index (Phi) is 9.14. The molecule has 0 aromatic heterocycles. The van der Waals surface area contributed by atoms with E-state index >= 15 is 0 Å². The van der Waals surface area contributed by atoms with Crippen LogP contribution in [0.1, 0.15) is 26.1 Å². The van der Waals surface area contributed by atoms with Crippen molar-refractivity contribution < 1.29 is 40.6 Å². The Balaban J connectivity index is 0.00000337. The number of hydrogen-bond donors (Lipinski definition) is 3. The zero-order valence-electron chi connectivity index (χ0n) is 20.1. The highest BCUT2D eigenvalue weighted by atomic mass is 35.5. The van der Waals surface area contributed by atoms with E-state index in [0.717, 1.165) is 6.07 Å². The average Bonchev–Trinajstić information content (AvgIpc) is 3.47. The number of amides is 3. The van der Waals surface area contributed by atoms with Crippen LogP contribution in [0.3, 0.4) is 0 Å². The average molecular weight is 716 g/mol. The van der Waals surface area contributed by atoms with Crippen molar-refractivity contribution in [1.82, 2.24) is 0 Å². The van der Waals surface area contributed by atoms with Gasteiger partial charge >= 0.3 is 12.1 Å². The zero-order chi connectivity index (χ0) is 31.3. The lowest BCUT2D eigenvalue weighted by Crippen LogP contribution is -2.30. The third-order valence-electron chi connectivity index (χ3n) is 5.99. The number of benzene rings is 3. The third-order valence-corrected chi connectivity index (χ3v) is 8.46. The summed E-state index contributed by atoms with van der Waals surface area (Å²) >= 11 is 36.9. The normalized spacial score (nSPS) is 17.4. The Morgan fingerprint density at radius 2 is 1.36 bits per heavy atom. The van der Waals surface area contributed by atoms with Crippen molar-refractivity contribution in [1.29, 1.82) is 0 Å². The highest BCUT2D eigenvalue weighted by Gasteiger charge is 2.67. The molecule has 0 saturated heterocycles. The molecule has 3 N–H and O–H groups in total. The number of halogens is 11. The first-order valence-electron chi connectivity index (χ1n) is 11.2. The summed E-state index contributed by atoms with van der Waals surface area (Å²) in [5, 5.41) is 5.99. The van der Waals surface area contributed by atoms with Gasteiger partial charge < -0.3 is 16.0 Å². The first-order valence-corrected chi connectivity index (χ1v) is 13.5. The topological polar surface area (TPSA) is 87.3 Å². The first-order chi connectivity index (χ1) is 19.4. The van der Waals surface area contributed by atoms with Gasteiger partial charge in [-0.25, -0.2) is 8.78 Å². The fourth-order valence-corrected chi connectivity index (χ4v) is 5.59. The van der Waals surface area contributed by atoms with Gasteiger partial charge in [0, 0.05) is 22.0 Å². The van der Waals surface area contributed by atoms with E-state index < -0.39 is 63.1 Å². The Hall–Kier alpha value is -2.54. The van der Waals surface area contributed by atoms with Crippen molar-refractivity contribution in [3.8, 4) is 0 Å². The van der Waals surface area contributed by atoms with Gasteiger partial charge in [0.2, 0.25) is 5.91 Å². The van der Waals surface area contributed by atoms with E-state index in [1.165, 1.54) is 29.6 Å². The van der Waals surface area contributed by atoms with E-state index in [2.05, 4.69) is 5.32 Å². The molecule has 1 aliphatic carbocycles. The van der Waals surface area contributed by atoms with Gasteiger partial charge in [-0.1, -0.05) is 46.4 Å². The largest absolute Gasteiger partial charge is 0.471 e. The predicted molar refractivity (Wildman–Crippen MR) is 158 cm³/mol. The maximum atomic E-state index is 14.3. The standard InChI is InChI=1S/C25H12Cl6F5N3O3.3H2/c26-11-2-1-9(37-22(41)19-18(24(19,30)31)8-3-12(27)20(29)13(28)4-8)5-10(11)21(40)38-16-7-17(15(33)6-14(16)32)39-23(42)25(34,35)36;;;/h1-7,18-19H,(H,37,41)(H,38,40)(H,39,42);3*1H/t18-,19+;;;/m0.../s1. The van der Waals surface area contributed by atoms with Crippen LogP contribution in [-0.2, 0) is 9.59 Å². The molecule has 3 amide bonds. The van der Waals surface area contributed by atoms with Gasteiger partial charge in [-0.15, -0.1) is 23.2 Å². The van der Waals surface area contributed by atoms with Crippen molar-refractivity contribution in [2.75, 3.05) is 16.0 Å². The molecule has 228 valence electrons. The number of hydrogen-bond acceptors (Lipinski definition) is 3. The van der Waals surface area contributed by atoms with E-state index in [-0.39, 0.29) is 41.7 Å². The van der Waals surface area contributed by atoms with Gasteiger partial charge in [0.05, 0.1) is 42.9 Å². The summed E-state index contributed by atoms with van der Waals surface area (Å²) in [5.41, 5.74) is -1.66. The second-order valence-corrected chi connectivity index (χ2v) is 11.9. The molecule has 4 rings (SSSR count). The second kappa shape index (κ2) is 11.9. The van der Waals surface area contributed by atoms with Crippen LogP contribution in [0.4, 0.5) is 39.0 Å². The monoisotopic (exact) mass is 713 g/mol. The van der Waals surface area contributed by atoms with Crippen LogP contribution in [-0.4, -0.2) is 28.2 Å². The van der Waals surface area contributed by atoms with Crippen LogP contribution in [0, 0.1) is 17.6 Å². The molecular formula is C25H18Cl6F5N3O3. The van der Waals surface area contributed by atoms with E-state index in [9.17, 15) is 36.3 Å². The lowest BCUT2D eigenvalue weighted by atomic mass is 10.1. The number of carbonyl (C=O) groups is 3. The van der Waals surface area contributed by atoms with Gasteiger partial charge in [-0.3, -0.25) is 14.4 Å². The van der Waals surface area contributed by atoms with E-state index in [4.69, 9.17) is 69.6 Å². The van der Waals surface area contributed by atoms with E-state index in [0.29, 0.717) is 11.6 Å². The van der Waals surface area contributed by atoms with Gasteiger partial charge in [-0.2, -0.15) is 13.2 Å².